The predicted octanol–water partition coefficient (Wildman–Crippen LogP) is 4.63. The second-order valence-electron chi connectivity index (χ2n) is 7.84. The topological polar surface area (TPSA) is 91.4 Å². The van der Waals surface area contributed by atoms with Gasteiger partial charge in [-0.3, -0.25) is 4.79 Å². The third-order valence-corrected chi connectivity index (χ3v) is 6.70. The molecule has 3 aromatic rings. The number of anilines is 4. The Balaban J connectivity index is 1.56. The van der Waals surface area contributed by atoms with Crippen molar-refractivity contribution in [2.75, 3.05) is 35.7 Å². The van der Waals surface area contributed by atoms with Crippen LogP contribution in [0.2, 0.25) is 0 Å². The number of hydrogen-bond donors (Lipinski definition) is 3. The molecule has 3 heterocycles. The van der Waals surface area contributed by atoms with Gasteiger partial charge in [-0.25, -0.2) is 9.37 Å². The molecule has 1 amide bonds. The first kappa shape index (κ1) is 23.4. The van der Waals surface area contributed by atoms with E-state index in [4.69, 9.17) is 4.74 Å². The molecule has 0 unspecified atom stereocenters. The van der Waals surface area contributed by atoms with Crippen molar-refractivity contribution in [3.8, 4) is 5.75 Å². The molecule has 0 aliphatic carbocycles. The molecule has 1 aromatic carbocycles. The highest BCUT2D eigenvalue weighted by molar-refractivity contribution is 9.11. The Kier molecular flexibility index (Phi) is 7.11. The van der Waals surface area contributed by atoms with Gasteiger partial charge < -0.3 is 25.6 Å². The second-order valence-corrected chi connectivity index (χ2v) is 10.3. The van der Waals surface area contributed by atoms with E-state index in [0.717, 1.165) is 16.9 Å². The number of carbonyl (C=O) groups excluding carboxylic acids is 1. The number of nitrogens with zero attached hydrogens (tertiary/aromatic N) is 3. The summed E-state index contributed by atoms with van der Waals surface area (Å²) in [6, 6.07) is 9.19. The van der Waals surface area contributed by atoms with E-state index in [1.54, 1.807) is 24.3 Å². The minimum atomic E-state index is -0.570. The fraction of sp³-hybridized carbons (Fsp3) is 0.318. The van der Waals surface area contributed by atoms with Crippen LogP contribution in [0.5, 0.6) is 5.75 Å². The number of carbonyl (C=O) groups is 1. The molecule has 4 rings (SSSR count). The van der Waals surface area contributed by atoms with Crippen LogP contribution in [0.4, 0.5) is 27.5 Å². The summed E-state index contributed by atoms with van der Waals surface area (Å²) < 4.78 is 20.8. The smallest absolute Gasteiger partial charge is 0.265 e. The van der Waals surface area contributed by atoms with Crippen LogP contribution in [0.3, 0.4) is 0 Å². The largest absolute Gasteiger partial charge is 0.495 e. The van der Waals surface area contributed by atoms with Crippen molar-refractivity contribution in [2.24, 2.45) is 0 Å². The van der Waals surface area contributed by atoms with Crippen molar-refractivity contribution < 1.29 is 13.9 Å². The van der Waals surface area contributed by atoms with E-state index < -0.39 is 5.82 Å². The molecule has 0 bridgehead atoms. The Morgan fingerprint density at radius 3 is 2.70 bits per heavy atom. The molecule has 3 N–H and O–H groups in total. The monoisotopic (exact) mass is 534 g/mol. The van der Waals surface area contributed by atoms with E-state index in [1.165, 1.54) is 24.6 Å². The summed E-state index contributed by atoms with van der Waals surface area (Å²) in [4.78, 5) is 23.8. The normalized spacial score (nSPS) is 18.2. The summed E-state index contributed by atoms with van der Waals surface area (Å²) in [5.41, 5.74) is 1.00. The van der Waals surface area contributed by atoms with E-state index in [1.807, 2.05) is 11.0 Å². The number of benzene rings is 1. The summed E-state index contributed by atoms with van der Waals surface area (Å²) in [5.74, 6) is 0.170. The number of piperazine rings is 1. The number of rotatable bonds is 6. The number of thiophene rings is 1. The Morgan fingerprint density at radius 2 is 2.03 bits per heavy atom. The van der Waals surface area contributed by atoms with E-state index >= 15 is 0 Å². The van der Waals surface area contributed by atoms with Crippen LogP contribution in [-0.4, -0.2) is 48.2 Å². The molecule has 174 valence electrons. The first-order valence-corrected chi connectivity index (χ1v) is 12.0. The van der Waals surface area contributed by atoms with Gasteiger partial charge in [-0.15, -0.1) is 11.3 Å². The van der Waals surface area contributed by atoms with E-state index in [0.29, 0.717) is 27.9 Å². The number of nitrogens with one attached hydrogen (secondary N) is 3. The number of methoxy groups -OCH3 is 1. The Bertz CT molecular complexity index is 1150. The molecule has 1 aliphatic rings. The number of halogens is 2. The van der Waals surface area contributed by atoms with E-state index in [-0.39, 0.29) is 23.8 Å². The van der Waals surface area contributed by atoms with Crippen LogP contribution in [0, 0.1) is 5.82 Å². The van der Waals surface area contributed by atoms with Crippen molar-refractivity contribution in [2.45, 2.75) is 25.9 Å². The maximum atomic E-state index is 14.5. The lowest BCUT2D eigenvalue weighted by atomic mass is 10.1. The van der Waals surface area contributed by atoms with Crippen LogP contribution in [0.25, 0.3) is 0 Å². The third-order valence-electron chi connectivity index (χ3n) is 5.08. The van der Waals surface area contributed by atoms with Crippen molar-refractivity contribution in [1.82, 2.24) is 15.3 Å². The summed E-state index contributed by atoms with van der Waals surface area (Å²) in [5, 5.41) is 9.31. The number of aromatic nitrogens is 2. The Labute approximate surface area is 203 Å². The molecule has 0 saturated carbocycles. The molecule has 2 aromatic heterocycles. The highest BCUT2D eigenvalue weighted by Crippen LogP contribution is 2.31. The number of hydrogen-bond acceptors (Lipinski definition) is 8. The van der Waals surface area contributed by atoms with Gasteiger partial charge in [-0.2, -0.15) is 4.98 Å². The number of ether oxygens (including phenoxy) is 1. The molecule has 11 heteroatoms. The average Bonchev–Trinajstić information content (AvgIpc) is 3.21. The zero-order chi connectivity index (χ0) is 23.5. The highest BCUT2D eigenvalue weighted by Gasteiger charge is 2.24. The van der Waals surface area contributed by atoms with Gasteiger partial charge >= 0.3 is 0 Å². The predicted molar refractivity (Wildman–Crippen MR) is 133 cm³/mol. The quantitative estimate of drug-likeness (QED) is 0.424. The lowest BCUT2D eigenvalue weighted by molar-refractivity contribution is 0.103. The van der Waals surface area contributed by atoms with Gasteiger partial charge in [0.05, 0.1) is 27.7 Å². The molecule has 1 saturated heterocycles. The molecule has 0 radical (unpaired) electrons. The minimum Gasteiger partial charge on any atom is -0.495 e. The summed E-state index contributed by atoms with van der Waals surface area (Å²) in [6.07, 6.45) is 1.17. The second kappa shape index (κ2) is 10.0. The zero-order valence-electron chi connectivity index (χ0n) is 18.4. The molecule has 0 spiro atoms. The van der Waals surface area contributed by atoms with Crippen LogP contribution in [0.15, 0.2) is 40.3 Å². The van der Waals surface area contributed by atoms with Crippen LogP contribution < -0.4 is 25.6 Å². The fourth-order valence-electron chi connectivity index (χ4n) is 3.73. The lowest BCUT2D eigenvalue weighted by Crippen LogP contribution is -2.54. The van der Waals surface area contributed by atoms with Crippen LogP contribution in [-0.2, 0) is 0 Å². The van der Waals surface area contributed by atoms with Crippen LogP contribution in [0.1, 0.15) is 23.5 Å². The SMILES string of the molecule is COc1ccc(Nc2nc(N3C[C@@H](C)N[C@@H](C)C3)ncc2F)cc1NC(=O)c1ccc(Br)s1. The lowest BCUT2D eigenvalue weighted by Gasteiger charge is -2.36. The van der Waals surface area contributed by atoms with Crippen molar-refractivity contribution in [1.29, 1.82) is 0 Å². The van der Waals surface area contributed by atoms with Gasteiger partial charge in [0.15, 0.2) is 11.6 Å². The Morgan fingerprint density at radius 1 is 1.27 bits per heavy atom. The average molecular weight is 535 g/mol. The van der Waals surface area contributed by atoms with Gasteiger partial charge in [-0.1, -0.05) is 0 Å². The van der Waals surface area contributed by atoms with Crippen molar-refractivity contribution in [3.05, 3.63) is 51.0 Å². The van der Waals surface area contributed by atoms with Crippen molar-refractivity contribution >= 4 is 56.3 Å². The molecule has 1 fully saturated rings. The van der Waals surface area contributed by atoms with Crippen LogP contribution >= 0.6 is 27.3 Å². The third kappa shape index (κ3) is 5.60. The minimum absolute atomic E-state index is 0.0588. The highest BCUT2D eigenvalue weighted by atomic mass is 79.9. The molecular formula is C22H24BrFN6O2S. The van der Waals surface area contributed by atoms with Gasteiger partial charge in [0.25, 0.3) is 5.91 Å². The van der Waals surface area contributed by atoms with Gasteiger partial charge in [0.2, 0.25) is 5.95 Å². The first-order chi connectivity index (χ1) is 15.8. The molecule has 1 aliphatic heterocycles. The molecular weight excluding hydrogens is 511 g/mol. The Hall–Kier alpha value is -2.76. The summed E-state index contributed by atoms with van der Waals surface area (Å²) >= 11 is 4.68. The van der Waals surface area contributed by atoms with Crippen molar-refractivity contribution in [3.63, 3.8) is 0 Å². The first-order valence-electron chi connectivity index (χ1n) is 10.4. The summed E-state index contributed by atoms with van der Waals surface area (Å²) in [7, 11) is 1.52. The van der Waals surface area contributed by atoms with E-state index in [9.17, 15) is 9.18 Å². The number of amides is 1. The van der Waals surface area contributed by atoms with E-state index in [2.05, 4.69) is 55.7 Å². The van der Waals surface area contributed by atoms with Gasteiger partial charge in [0, 0.05) is 30.9 Å². The summed E-state index contributed by atoms with van der Waals surface area (Å²) in [6.45, 7) is 5.64. The fourth-order valence-corrected chi connectivity index (χ4v) is 5.01. The molecule has 2 atom stereocenters. The molecule has 33 heavy (non-hydrogen) atoms. The standard InChI is InChI=1S/C22H24BrFN6O2S/c1-12-10-30(11-13(2)26-12)22-25-9-15(24)20(29-22)27-14-4-5-17(32-3)16(8-14)28-21(31)18-6-7-19(23)33-18/h4-9,12-13,26H,10-11H2,1-3H3,(H,28,31)(H,25,27,29)/t12-,13+. The van der Waals surface area contributed by atoms with Gasteiger partial charge in [0.1, 0.15) is 5.75 Å². The van der Waals surface area contributed by atoms with Gasteiger partial charge in [-0.05, 0) is 60.1 Å². The molecule has 8 nitrogen and oxygen atoms in total. The maximum Gasteiger partial charge on any atom is 0.265 e. The maximum absolute atomic E-state index is 14.5. The zero-order valence-corrected chi connectivity index (χ0v) is 20.8.